The molecule has 0 atom stereocenters. The number of benzene rings is 2. The molecular formula is C23H24N2O4. The topological polar surface area (TPSA) is 77.0 Å². The van der Waals surface area contributed by atoms with E-state index in [4.69, 9.17) is 9.47 Å². The number of hydrogen-bond acceptors (Lipinski definition) is 5. The number of aliphatic imine (C=N–C) groups is 1. The summed E-state index contributed by atoms with van der Waals surface area (Å²) in [6.07, 6.45) is 2.68. The Labute approximate surface area is 170 Å². The molecule has 150 valence electrons. The third-order valence-electron chi connectivity index (χ3n) is 4.22. The Balaban J connectivity index is 1.69. The highest BCUT2D eigenvalue weighted by atomic mass is 16.6. The number of esters is 1. The maximum Gasteiger partial charge on any atom is 0.363 e. The van der Waals surface area contributed by atoms with Gasteiger partial charge in [-0.2, -0.15) is 0 Å². The van der Waals surface area contributed by atoms with Crippen LogP contribution in [0.15, 0.2) is 59.2 Å². The van der Waals surface area contributed by atoms with E-state index in [-0.39, 0.29) is 17.5 Å². The molecule has 0 bridgehead atoms. The van der Waals surface area contributed by atoms with Gasteiger partial charge in [0.25, 0.3) is 0 Å². The number of carbonyl (C=O) groups is 2. The molecule has 0 spiro atoms. The van der Waals surface area contributed by atoms with Crippen molar-refractivity contribution in [3.05, 3.63) is 65.4 Å². The summed E-state index contributed by atoms with van der Waals surface area (Å²) in [4.78, 5) is 27.6. The number of amides is 1. The maximum atomic E-state index is 12.2. The van der Waals surface area contributed by atoms with Gasteiger partial charge in [-0.1, -0.05) is 26.0 Å². The van der Waals surface area contributed by atoms with Crippen LogP contribution in [0.2, 0.25) is 0 Å². The minimum atomic E-state index is -0.497. The number of cyclic esters (lactones) is 1. The standard InChI is InChI=1S/C23H24N2O4/c1-15(2)12-13-28-20-10-4-17(5-11-20)14-21-23(27)29-22(25-21)18-6-8-19(9-7-18)24-16(3)26/h4-11,14-15H,12-13H2,1-3H3,(H,24,26)/b21-14-. The Hall–Kier alpha value is -3.41. The summed E-state index contributed by atoms with van der Waals surface area (Å²) in [6.45, 7) is 6.44. The maximum absolute atomic E-state index is 12.2. The van der Waals surface area contributed by atoms with Crippen molar-refractivity contribution in [2.24, 2.45) is 10.9 Å². The van der Waals surface area contributed by atoms with E-state index in [9.17, 15) is 9.59 Å². The first-order valence-electron chi connectivity index (χ1n) is 9.54. The first-order valence-corrected chi connectivity index (χ1v) is 9.54. The van der Waals surface area contributed by atoms with Crippen LogP contribution in [0.1, 0.15) is 38.3 Å². The molecular weight excluding hydrogens is 368 g/mol. The van der Waals surface area contributed by atoms with Crippen molar-refractivity contribution in [1.29, 1.82) is 0 Å². The van der Waals surface area contributed by atoms with Gasteiger partial charge < -0.3 is 14.8 Å². The van der Waals surface area contributed by atoms with Crippen LogP contribution in [0.4, 0.5) is 5.69 Å². The van der Waals surface area contributed by atoms with Gasteiger partial charge >= 0.3 is 5.97 Å². The summed E-state index contributed by atoms with van der Waals surface area (Å²) in [6, 6.07) is 14.4. The fourth-order valence-corrected chi connectivity index (χ4v) is 2.66. The summed E-state index contributed by atoms with van der Waals surface area (Å²) >= 11 is 0. The SMILES string of the molecule is CC(=O)Nc1ccc(C2=N/C(=C\c3ccc(OCCC(C)C)cc3)C(=O)O2)cc1. The van der Waals surface area contributed by atoms with E-state index in [1.807, 2.05) is 24.3 Å². The summed E-state index contributed by atoms with van der Waals surface area (Å²) in [7, 11) is 0. The molecule has 0 saturated heterocycles. The lowest BCUT2D eigenvalue weighted by Gasteiger charge is -2.08. The van der Waals surface area contributed by atoms with E-state index in [1.165, 1.54) is 6.92 Å². The van der Waals surface area contributed by atoms with E-state index in [1.54, 1.807) is 30.3 Å². The zero-order chi connectivity index (χ0) is 20.8. The molecule has 2 aromatic rings. The summed E-state index contributed by atoms with van der Waals surface area (Å²) < 4.78 is 11.0. The Bertz CT molecular complexity index is 942. The monoisotopic (exact) mass is 392 g/mol. The predicted molar refractivity (Wildman–Crippen MR) is 113 cm³/mol. The minimum Gasteiger partial charge on any atom is -0.494 e. The number of rotatable bonds is 7. The molecule has 0 fully saturated rings. The molecule has 1 aliphatic heterocycles. The van der Waals surface area contributed by atoms with Gasteiger partial charge in [0.15, 0.2) is 5.70 Å². The lowest BCUT2D eigenvalue weighted by Crippen LogP contribution is -2.07. The van der Waals surface area contributed by atoms with Crippen molar-refractivity contribution in [2.45, 2.75) is 27.2 Å². The van der Waals surface area contributed by atoms with E-state index >= 15 is 0 Å². The van der Waals surface area contributed by atoms with Crippen molar-refractivity contribution in [3.63, 3.8) is 0 Å². The van der Waals surface area contributed by atoms with Crippen LogP contribution in [-0.4, -0.2) is 24.4 Å². The number of anilines is 1. The van der Waals surface area contributed by atoms with Crippen molar-refractivity contribution in [3.8, 4) is 5.75 Å². The smallest absolute Gasteiger partial charge is 0.363 e. The average Bonchev–Trinajstić information content (AvgIpc) is 3.03. The second-order valence-electron chi connectivity index (χ2n) is 7.19. The van der Waals surface area contributed by atoms with E-state index in [0.717, 1.165) is 17.7 Å². The average molecular weight is 392 g/mol. The number of carbonyl (C=O) groups excluding carboxylic acids is 2. The summed E-state index contributed by atoms with van der Waals surface area (Å²) in [5.74, 6) is 0.989. The lowest BCUT2D eigenvalue weighted by atomic mass is 10.1. The molecule has 0 aliphatic carbocycles. The highest BCUT2D eigenvalue weighted by Crippen LogP contribution is 2.21. The van der Waals surface area contributed by atoms with Crippen molar-refractivity contribution < 1.29 is 19.1 Å². The van der Waals surface area contributed by atoms with Crippen molar-refractivity contribution in [2.75, 3.05) is 11.9 Å². The van der Waals surface area contributed by atoms with E-state index in [0.29, 0.717) is 23.8 Å². The zero-order valence-electron chi connectivity index (χ0n) is 16.8. The van der Waals surface area contributed by atoms with Gasteiger partial charge in [0.05, 0.1) is 6.61 Å². The van der Waals surface area contributed by atoms with Gasteiger partial charge in [-0.05, 0) is 60.4 Å². The second kappa shape index (κ2) is 9.19. The minimum absolute atomic E-state index is 0.149. The highest BCUT2D eigenvalue weighted by molar-refractivity contribution is 6.13. The molecule has 1 amide bonds. The highest BCUT2D eigenvalue weighted by Gasteiger charge is 2.24. The quantitative estimate of drug-likeness (QED) is 0.559. The van der Waals surface area contributed by atoms with E-state index < -0.39 is 5.97 Å². The van der Waals surface area contributed by atoms with Crippen LogP contribution >= 0.6 is 0 Å². The number of ether oxygens (including phenoxy) is 2. The molecule has 1 heterocycles. The van der Waals surface area contributed by atoms with Crippen LogP contribution in [0.25, 0.3) is 6.08 Å². The van der Waals surface area contributed by atoms with Gasteiger partial charge in [-0.15, -0.1) is 0 Å². The van der Waals surface area contributed by atoms with Crippen LogP contribution < -0.4 is 10.1 Å². The molecule has 0 unspecified atom stereocenters. The molecule has 1 N–H and O–H groups in total. The molecule has 0 saturated carbocycles. The van der Waals surface area contributed by atoms with Gasteiger partial charge in [-0.25, -0.2) is 9.79 Å². The molecule has 1 aliphatic rings. The van der Waals surface area contributed by atoms with Crippen LogP contribution in [0.5, 0.6) is 5.75 Å². The fourth-order valence-electron chi connectivity index (χ4n) is 2.66. The van der Waals surface area contributed by atoms with Gasteiger partial charge in [0.2, 0.25) is 11.8 Å². The van der Waals surface area contributed by atoms with Gasteiger partial charge in [0.1, 0.15) is 5.75 Å². The van der Waals surface area contributed by atoms with E-state index in [2.05, 4.69) is 24.2 Å². The van der Waals surface area contributed by atoms with Crippen LogP contribution in [-0.2, 0) is 14.3 Å². The number of nitrogens with zero attached hydrogens (tertiary/aromatic N) is 1. The Morgan fingerprint density at radius 2 is 1.83 bits per heavy atom. The first kappa shape index (κ1) is 20.3. The lowest BCUT2D eigenvalue weighted by molar-refractivity contribution is -0.129. The van der Waals surface area contributed by atoms with Crippen LogP contribution in [0.3, 0.4) is 0 Å². The third kappa shape index (κ3) is 5.78. The predicted octanol–water partition coefficient (Wildman–Crippen LogP) is 4.41. The molecule has 0 radical (unpaired) electrons. The van der Waals surface area contributed by atoms with Crippen molar-refractivity contribution in [1.82, 2.24) is 0 Å². The molecule has 6 heteroatoms. The number of hydrogen-bond donors (Lipinski definition) is 1. The van der Waals surface area contributed by atoms with Gasteiger partial charge in [0, 0.05) is 18.2 Å². The molecule has 0 aromatic heterocycles. The second-order valence-corrected chi connectivity index (χ2v) is 7.19. The summed E-state index contributed by atoms with van der Waals surface area (Å²) in [5.41, 5.74) is 2.39. The molecule has 2 aromatic carbocycles. The largest absolute Gasteiger partial charge is 0.494 e. The molecule has 6 nitrogen and oxygen atoms in total. The van der Waals surface area contributed by atoms with Crippen molar-refractivity contribution >= 4 is 29.5 Å². The first-order chi connectivity index (χ1) is 13.9. The number of nitrogens with one attached hydrogen (secondary N) is 1. The van der Waals surface area contributed by atoms with Crippen LogP contribution in [0, 0.1) is 5.92 Å². The summed E-state index contributed by atoms with van der Waals surface area (Å²) in [5, 5.41) is 2.69. The fraction of sp³-hybridized carbons (Fsp3) is 0.261. The van der Waals surface area contributed by atoms with Gasteiger partial charge in [-0.3, -0.25) is 4.79 Å². The molecule has 3 rings (SSSR count). The zero-order valence-corrected chi connectivity index (χ0v) is 16.8. The Kier molecular flexibility index (Phi) is 6.44. The normalized spacial score (nSPS) is 14.7. The molecule has 29 heavy (non-hydrogen) atoms. The third-order valence-corrected chi connectivity index (χ3v) is 4.22. The Morgan fingerprint density at radius 1 is 1.14 bits per heavy atom. The Morgan fingerprint density at radius 3 is 2.45 bits per heavy atom.